The van der Waals surface area contributed by atoms with E-state index in [2.05, 4.69) is 4.40 Å². The van der Waals surface area contributed by atoms with Gasteiger partial charge in [-0.1, -0.05) is 29.8 Å². The van der Waals surface area contributed by atoms with Crippen LogP contribution in [-0.2, 0) is 16.6 Å². The molecule has 2 aromatic carbocycles. The van der Waals surface area contributed by atoms with Crippen LogP contribution in [0.2, 0.25) is 5.02 Å². The summed E-state index contributed by atoms with van der Waals surface area (Å²) >= 11 is 7.12. The molecule has 0 aliphatic heterocycles. The maximum atomic E-state index is 12.2. The van der Waals surface area contributed by atoms with Crippen molar-refractivity contribution in [1.82, 2.24) is 0 Å². The van der Waals surface area contributed by atoms with Gasteiger partial charge in [0.2, 0.25) is 0 Å². The highest BCUT2D eigenvalue weighted by Crippen LogP contribution is 2.29. The molecule has 0 saturated heterocycles. The summed E-state index contributed by atoms with van der Waals surface area (Å²) < 4.78 is 39.8. The van der Waals surface area contributed by atoms with E-state index in [4.69, 9.17) is 21.1 Å². The van der Waals surface area contributed by atoms with Gasteiger partial charge in [0.05, 0.1) is 6.61 Å². The first-order chi connectivity index (χ1) is 13.5. The Morgan fingerprint density at radius 1 is 1.07 bits per heavy atom. The molecule has 3 aromatic rings. The van der Waals surface area contributed by atoms with E-state index in [0.29, 0.717) is 35.3 Å². The van der Waals surface area contributed by atoms with Crippen LogP contribution >= 0.6 is 22.9 Å². The number of ether oxygens (including phenoxy) is 2. The quantitative estimate of drug-likeness (QED) is 0.457. The van der Waals surface area contributed by atoms with Gasteiger partial charge in [-0.05, 0) is 59.8 Å². The first kappa shape index (κ1) is 20.4. The molecule has 1 aromatic heterocycles. The zero-order chi connectivity index (χ0) is 20.0. The van der Waals surface area contributed by atoms with Crippen LogP contribution in [0.5, 0.6) is 11.5 Å². The highest BCUT2D eigenvalue weighted by molar-refractivity contribution is 7.92. The molecule has 0 atom stereocenters. The number of halogens is 1. The Morgan fingerprint density at radius 3 is 2.64 bits per heavy atom. The maximum Gasteiger partial charge on any atom is 0.291 e. The summed E-state index contributed by atoms with van der Waals surface area (Å²) in [7, 11) is -3.70. The van der Waals surface area contributed by atoms with Crippen molar-refractivity contribution < 1.29 is 17.9 Å². The molecule has 0 radical (unpaired) electrons. The number of hydrogen-bond donors (Lipinski definition) is 0. The lowest BCUT2D eigenvalue weighted by molar-refractivity contribution is 0.269. The average Bonchev–Trinajstić information content (AvgIpc) is 3.22. The molecule has 8 heteroatoms. The molecule has 0 aliphatic rings. The first-order valence-electron chi connectivity index (χ1n) is 8.46. The topological polar surface area (TPSA) is 65.0 Å². The molecular formula is C20H18ClNO4S2. The summed E-state index contributed by atoms with van der Waals surface area (Å²) in [4.78, 5) is 0. The van der Waals surface area contributed by atoms with Crippen LogP contribution in [-0.4, -0.2) is 21.2 Å². The van der Waals surface area contributed by atoms with E-state index in [1.165, 1.54) is 12.3 Å². The molecule has 0 N–H and O–H groups in total. The lowest BCUT2D eigenvalue weighted by Crippen LogP contribution is -2.01. The Hall–Kier alpha value is -2.35. The molecule has 0 aliphatic carbocycles. The third-order valence-corrected chi connectivity index (χ3v) is 6.49. The van der Waals surface area contributed by atoms with Crippen molar-refractivity contribution >= 4 is 39.2 Å². The van der Waals surface area contributed by atoms with Gasteiger partial charge >= 0.3 is 0 Å². The Bertz CT molecular complexity index is 1060. The van der Waals surface area contributed by atoms with Gasteiger partial charge in [-0.25, -0.2) is 0 Å². The minimum Gasteiger partial charge on any atom is -0.490 e. The lowest BCUT2D eigenvalue weighted by Gasteiger charge is -2.12. The first-order valence-corrected chi connectivity index (χ1v) is 11.2. The van der Waals surface area contributed by atoms with Crippen LogP contribution in [0.15, 0.2) is 68.6 Å². The number of benzene rings is 2. The van der Waals surface area contributed by atoms with Crippen molar-refractivity contribution in [3.63, 3.8) is 0 Å². The molecule has 1 heterocycles. The van der Waals surface area contributed by atoms with Crippen LogP contribution in [0, 0.1) is 0 Å². The summed E-state index contributed by atoms with van der Waals surface area (Å²) in [5.74, 6) is 1.07. The molecule has 0 bridgehead atoms. The van der Waals surface area contributed by atoms with Crippen molar-refractivity contribution in [2.45, 2.75) is 17.7 Å². The fourth-order valence-electron chi connectivity index (χ4n) is 2.37. The molecule has 5 nitrogen and oxygen atoms in total. The normalized spacial score (nSPS) is 11.6. The zero-order valence-electron chi connectivity index (χ0n) is 15.0. The molecule has 3 rings (SSSR count). The summed E-state index contributed by atoms with van der Waals surface area (Å²) in [5.41, 5.74) is 1.53. The summed E-state index contributed by atoms with van der Waals surface area (Å²) in [6, 6.07) is 15.8. The highest BCUT2D eigenvalue weighted by Gasteiger charge is 2.13. The molecule has 0 saturated carbocycles. The summed E-state index contributed by atoms with van der Waals surface area (Å²) in [5, 5.41) is 2.34. The Labute approximate surface area is 173 Å². The van der Waals surface area contributed by atoms with Crippen LogP contribution < -0.4 is 9.47 Å². The van der Waals surface area contributed by atoms with Crippen molar-refractivity contribution in [2.24, 2.45) is 4.40 Å². The van der Waals surface area contributed by atoms with E-state index in [0.717, 1.165) is 16.9 Å². The van der Waals surface area contributed by atoms with Crippen LogP contribution in [0.1, 0.15) is 18.1 Å². The van der Waals surface area contributed by atoms with Gasteiger partial charge in [0.25, 0.3) is 10.0 Å². The minimum atomic E-state index is -3.70. The van der Waals surface area contributed by atoms with Crippen molar-refractivity contribution in [3.8, 4) is 11.5 Å². The smallest absolute Gasteiger partial charge is 0.291 e. The van der Waals surface area contributed by atoms with Gasteiger partial charge in [-0.2, -0.15) is 12.8 Å². The fraction of sp³-hybridized carbons (Fsp3) is 0.150. The predicted octanol–water partition coefficient (Wildman–Crippen LogP) is 5.19. The second kappa shape index (κ2) is 9.23. The molecule has 28 heavy (non-hydrogen) atoms. The van der Waals surface area contributed by atoms with Gasteiger partial charge in [0, 0.05) is 11.2 Å². The second-order valence-electron chi connectivity index (χ2n) is 5.70. The molecule has 0 spiro atoms. The Balaban J connectivity index is 1.78. The van der Waals surface area contributed by atoms with E-state index in [1.54, 1.807) is 35.7 Å². The van der Waals surface area contributed by atoms with Crippen molar-refractivity contribution in [2.75, 3.05) is 6.61 Å². The number of rotatable bonds is 8. The third kappa shape index (κ3) is 5.34. The third-order valence-electron chi connectivity index (χ3n) is 3.64. The summed E-state index contributed by atoms with van der Waals surface area (Å²) in [6.07, 6.45) is 1.30. The lowest BCUT2D eigenvalue weighted by atomic mass is 10.2. The van der Waals surface area contributed by atoms with E-state index >= 15 is 0 Å². The van der Waals surface area contributed by atoms with E-state index < -0.39 is 10.0 Å². The fourth-order valence-corrected chi connectivity index (χ4v) is 4.43. The van der Waals surface area contributed by atoms with Crippen LogP contribution in [0.4, 0.5) is 0 Å². The van der Waals surface area contributed by atoms with Crippen LogP contribution in [0.25, 0.3) is 0 Å². The largest absolute Gasteiger partial charge is 0.490 e. The van der Waals surface area contributed by atoms with Gasteiger partial charge in [0.15, 0.2) is 11.5 Å². The van der Waals surface area contributed by atoms with Crippen LogP contribution in [0.3, 0.4) is 0 Å². The Kier molecular flexibility index (Phi) is 6.72. The second-order valence-corrected chi connectivity index (χ2v) is 8.94. The molecular weight excluding hydrogens is 418 g/mol. The van der Waals surface area contributed by atoms with Crippen molar-refractivity contribution in [3.05, 3.63) is 76.1 Å². The minimum absolute atomic E-state index is 0.204. The van der Waals surface area contributed by atoms with Gasteiger partial charge in [-0.3, -0.25) is 0 Å². The standard InChI is InChI=1S/C20H18ClNO4S2/c1-2-25-19-12-15(13-22-28(23,24)20-7-4-10-27-20)8-9-18(19)26-14-16-5-3-6-17(21)11-16/h3-13H,2,14H2,1H3/b22-13-. The van der Waals surface area contributed by atoms with Gasteiger partial charge in [-0.15, -0.1) is 11.3 Å². The van der Waals surface area contributed by atoms with Gasteiger partial charge < -0.3 is 9.47 Å². The number of hydrogen-bond acceptors (Lipinski definition) is 5. The molecule has 0 unspecified atom stereocenters. The van der Waals surface area contributed by atoms with Gasteiger partial charge in [0.1, 0.15) is 10.8 Å². The number of sulfonamides is 1. The number of nitrogens with zero attached hydrogens (tertiary/aromatic N) is 1. The molecule has 0 amide bonds. The highest BCUT2D eigenvalue weighted by atomic mass is 35.5. The van der Waals surface area contributed by atoms with Crippen molar-refractivity contribution in [1.29, 1.82) is 0 Å². The Morgan fingerprint density at radius 2 is 1.93 bits per heavy atom. The predicted molar refractivity (Wildman–Crippen MR) is 112 cm³/mol. The van der Waals surface area contributed by atoms with E-state index in [1.807, 2.05) is 25.1 Å². The number of thiophene rings is 1. The monoisotopic (exact) mass is 435 g/mol. The summed E-state index contributed by atoms with van der Waals surface area (Å²) in [6.45, 7) is 2.64. The SMILES string of the molecule is CCOc1cc(/C=N\S(=O)(=O)c2cccs2)ccc1OCc1cccc(Cl)c1. The average molecular weight is 436 g/mol. The molecule has 0 fully saturated rings. The zero-order valence-corrected chi connectivity index (χ0v) is 17.4. The van der Waals surface area contributed by atoms with E-state index in [-0.39, 0.29) is 4.21 Å². The molecule has 146 valence electrons. The van der Waals surface area contributed by atoms with E-state index in [9.17, 15) is 8.42 Å². The maximum absolute atomic E-state index is 12.2.